The van der Waals surface area contributed by atoms with Crippen molar-refractivity contribution in [1.29, 1.82) is 0 Å². The molecule has 2 aromatic carbocycles. The molecule has 0 radical (unpaired) electrons. The average Bonchev–Trinajstić information content (AvgIpc) is 2.70. The fourth-order valence-electron chi connectivity index (χ4n) is 2.54. The van der Waals surface area contributed by atoms with Crippen LogP contribution in [0.1, 0.15) is 49.2 Å². The zero-order valence-electron chi connectivity index (χ0n) is 17.8. The van der Waals surface area contributed by atoms with Crippen molar-refractivity contribution in [3.8, 4) is 5.75 Å². The van der Waals surface area contributed by atoms with Crippen molar-refractivity contribution < 1.29 is 23.9 Å². The van der Waals surface area contributed by atoms with Gasteiger partial charge in [0.1, 0.15) is 12.4 Å². The van der Waals surface area contributed by atoms with Gasteiger partial charge in [-0.3, -0.25) is 10.1 Å². The lowest BCUT2D eigenvalue weighted by Gasteiger charge is -2.19. The maximum Gasteiger partial charge on any atom is 0.338 e. The predicted molar refractivity (Wildman–Crippen MR) is 113 cm³/mol. The Morgan fingerprint density at radius 2 is 1.57 bits per heavy atom. The number of carbonyl (C=O) groups excluding carboxylic acids is 3. The van der Waals surface area contributed by atoms with E-state index in [2.05, 4.69) is 43.5 Å². The second kappa shape index (κ2) is 10.4. The summed E-state index contributed by atoms with van der Waals surface area (Å²) in [5.41, 5.74) is 2.52. The molecule has 30 heavy (non-hydrogen) atoms. The number of rotatable bonds is 7. The second-order valence-electron chi connectivity index (χ2n) is 7.74. The standard InChI is InChI=1S/C23H28N2O5/c1-5-24-22(28)25-20(26)15-30-21(27)17-8-6-16(7-9-17)14-29-19-12-10-18(11-13-19)23(2,3)4/h6-13H,5,14-15H2,1-4H3,(H2,24,25,26,28). The zero-order valence-corrected chi connectivity index (χ0v) is 17.8. The number of amides is 3. The van der Waals surface area contributed by atoms with Gasteiger partial charge in [0.2, 0.25) is 0 Å². The molecule has 160 valence electrons. The van der Waals surface area contributed by atoms with Crippen LogP contribution in [-0.2, 0) is 21.6 Å². The molecule has 0 fully saturated rings. The van der Waals surface area contributed by atoms with E-state index in [1.165, 1.54) is 5.56 Å². The molecule has 3 amide bonds. The van der Waals surface area contributed by atoms with Gasteiger partial charge < -0.3 is 14.8 Å². The number of benzene rings is 2. The van der Waals surface area contributed by atoms with Gasteiger partial charge in [0, 0.05) is 6.54 Å². The van der Waals surface area contributed by atoms with Crippen molar-refractivity contribution in [1.82, 2.24) is 10.6 Å². The van der Waals surface area contributed by atoms with Crippen LogP contribution in [0.4, 0.5) is 4.79 Å². The van der Waals surface area contributed by atoms with Gasteiger partial charge >= 0.3 is 12.0 Å². The highest BCUT2D eigenvalue weighted by molar-refractivity contribution is 5.96. The first-order valence-electron chi connectivity index (χ1n) is 9.76. The van der Waals surface area contributed by atoms with E-state index in [0.29, 0.717) is 18.7 Å². The first kappa shape index (κ1) is 22.9. The quantitative estimate of drug-likeness (QED) is 0.678. The Kier molecular flexibility index (Phi) is 7.98. The highest BCUT2D eigenvalue weighted by Crippen LogP contribution is 2.24. The normalized spacial score (nSPS) is 10.8. The topological polar surface area (TPSA) is 93.7 Å². The maximum absolute atomic E-state index is 12.0. The fraction of sp³-hybridized carbons (Fsp3) is 0.348. The van der Waals surface area contributed by atoms with Crippen LogP contribution < -0.4 is 15.4 Å². The lowest BCUT2D eigenvalue weighted by atomic mass is 9.87. The van der Waals surface area contributed by atoms with Gasteiger partial charge in [-0.25, -0.2) is 9.59 Å². The van der Waals surface area contributed by atoms with Crippen molar-refractivity contribution in [2.75, 3.05) is 13.2 Å². The second-order valence-corrected chi connectivity index (χ2v) is 7.74. The van der Waals surface area contributed by atoms with E-state index in [0.717, 1.165) is 11.3 Å². The minimum atomic E-state index is -0.697. The lowest BCUT2D eigenvalue weighted by Crippen LogP contribution is -2.41. The summed E-state index contributed by atoms with van der Waals surface area (Å²) in [4.78, 5) is 34.8. The molecule has 0 spiro atoms. The first-order chi connectivity index (χ1) is 14.2. The van der Waals surface area contributed by atoms with Crippen LogP contribution in [0, 0.1) is 0 Å². The third-order valence-electron chi connectivity index (χ3n) is 4.24. The van der Waals surface area contributed by atoms with Gasteiger partial charge in [-0.1, -0.05) is 45.0 Å². The number of carbonyl (C=O) groups is 3. The number of esters is 1. The Labute approximate surface area is 176 Å². The molecule has 0 saturated heterocycles. The van der Waals surface area contributed by atoms with Crippen molar-refractivity contribution in [3.05, 3.63) is 65.2 Å². The number of ether oxygens (including phenoxy) is 2. The van der Waals surface area contributed by atoms with Gasteiger partial charge in [-0.15, -0.1) is 0 Å². The molecule has 0 atom stereocenters. The molecular formula is C23H28N2O5. The van der Waals surface area contributed by atoms with Gasteiger partial charge in [-0.2, -0.15) is 0 Å². The first-order valence-corrected chi connectivity index (χ1v) is 9.76. The summed E-state index contributed by atoms with van der Waals surface area (Å²) >= 11 is 0. The third kappa shape index (κ3) is 7.24. The smallest absolute Gasteiger partial charge is 0.338 e. The fourth-order valence-corrected chi connectivity index (χ4v) is 2.54. The summed E-state index contributed by atoms with van der Waals surface area (Å²) in [6, 6.07) is 14.1. The summed E-state index contributed by atoms with van der Waals surface area (Å²) in [7, 11) is 0. The summed E-state index contributed by atoms with van der Waals surface area (Å²) in [6.07, 6.45) is 0. The van der Waals surface area contributed by atoms with Crippen LogP contribution in [0.25, 0.3) is 0 Å². The molecule has 2 aromatic rings. The number of nitrogens with one attached hydrogen (secondary N) is 2. The number of hydrogen-bond acceptors (Lipinski definition) is 5. The summed E-state index contributed by atoms with van der Waals surface area (Å²) in [5, 5.41) is 4.47. The van der Waals surface area contributed by atoms with E-state index >= 15 is 0 Å². The Balaban J connectivity index is 1.82. The van der Waals surface area contributed by atoms with Crippen LogP contribution in [0.3, 0.4) is 0 Å². The molecule has 0 aliphatic heterocycles. The summed E-state index contributed by atoms with van der Waals surface area (Å²) < 4.78 is 10.7. The van der Waals surface area contributed by atoms with Crippen molar-refractivity contribution >= 4 is 17.9 Å². The molecule has 0 bridgehead atoms. The van der Waals surface area contributed by atoms with E-state index in [-0.39, 0.29) is 5.41 Å². The summed E-state index contributed by atoms with van der Waals surface area (Å²) in [6.45, 7) is 8.41. The Morgan fingerprint density at radius 3 is 2.13 bits per heavy atom. The molecular weight excluding hydrogens is 384 g/mol. The molecule has 2 rings (SSSR count). The molecule has 7 nitrogen and oxygen atoms in total. The number of imide groups is 1. The van der Waals surface area contributed by atoms with Crippen LogP contribution >= 0.6 is 0 Å². The molecule has 7 heteroatoms. The van der Waals surface area contributed by atoms with E-state index in [4.69, 9.17) is 9.47 Å². The maximum atomic E-state index is 12.0. The highest BCUT2D eigenvalue weighted by atomic mass is 16.5. The van der Waals surface area contributed by atoms with Gasteiger partial charge in [0.15, 0.2) is 6.61 Å². The summed E-state index contributed by atoms with van der Waals surface area (Å²) in [5.74, 6) is -0.576. The minimum absolute atomic E-state index is 0.0889. The Hall–Kier alpha value is -3.35. The monoisotopic (exact) mass is 412 g/mol. The molecule has 0 aromatic heterocycles. The Bertz CT molecular complexity index is 868. The molecule has 0 saturated carbocycles. The van der Waals surface area contributed by atoms with Crippen LogP contribution in [-0.4, -0.2) is 31.1 Å². The van der Waals surface area contributed by atoms with Crippen LogP contribution in [0.5, 0.6) is 5.75 Å². The Morgan fingerprint density at radius 1 is 0.933 bits per heavy atom. The molecule has 0 unspecified atom stereocenters. The van der Waals surface area contributed by atoms with E-state index in [1.807, 2.05) is 12.1 Å². The molecule has 0 aliphatic rings. The number of urea groups is 1. The third-order valence-corrected chi connectivity index (χ3v) is 4.24. The average molecular weight is 412 g/mol. The molecule has 2 N–H and O–H groups in total. The minimum Gasteiger partial charge on any atom is -0.489 e. The highest BCUT2D eigenvalue weighted by Gasteiger charge is 2.14. The molecule has 0 aliphatic carbocycles. The van der Waals surface area contributed by atoms with E-state index in [9.17, 15) is 14.4 Å². The van der Waals surface area contributed by atoms with Gasteiger partial charge in [-0.05, 0) is 47.7 Å². The lowest BCUT2D eigenvalue weighted by molar-refractivity contribution is -0.123. The van der Waals surface area contributed by atoms with Gasteiger partial charge in [0.05, 0.1) is 5.56 Å². The van der Waals surface area contributed by atoms with Crippen molar-refractivity contribution in [2.45, 2.75) is 39.7 Å². The SMILES string of the molecule is CCNC(=O)NC(=O)COC(=O)c1ccc(COc2ccc(C(C)(C)C)cc2)cc1. The van der Waals surface area contributed by atoms with E-state index in [1.54, 1.807) is 31.2 Å². The molecule has 0 heterocycles. The van der Waals surface area contributed by atoms with Crippen molar-refractivity contribution in [2.24, 2.45) is 0 Å². The largest absolute Gasteiger partial charge is 0.489 e. The zero-order chi connectivity index (χ0) is 22.1. The van der Waals surface area contributed by atoms with Crippen LogP contribution in [0.2, 0.25) is 0 Å². The van der Waals surface area contributed by atoms with Crippen LogP contribution in [0.15, 0.2) is 48.5 Å². The van der Waals surface area contributed by atoms with Gasteiger partial charge in [0.25, 0.3) is 5.91 Å². The van der Waals surface area contributed by atoms with E-state index < -0.39 is 24.5 Å². The number of hydrogen-bond donors (Lipinski definition) is 2. The van der Waals surface area contributed by atoms with Crippen molar-refractivity contribution in [3.63, 3.8) is 0 Å². The predicted octanol–water partition coefficient (Wildman–Crippen LogP) is 3.57.